The Morgan fingerprint density at radius 3 is 2.63 bits per heavy atom. The molecular weight excluding hydrogens is 353 g/mol. The van der Waals surface area contributed by atoms with Crippen molar-refractivity contribution in [3.05, 3.63) is 54.3 Å². The molecule has 1 heterocycles. The molecule has 1 N–H and O–H groups in total. The molecule has 140 valence electrons. The molecule has 1 atom stereocenters. The van der Waals surface area contributed by atoms with E-state index in [9.17, 15) is 9.18 Å². The Balaban J connectivity index is 1.70. The monoisotopic (exact) mass is 371 g/mol. The molecule has 3 aromatic rings. The average Bonchev–Trinajstić information content (AvgIpc) is 3.12. The molecule has 0 aliphatic carbocycles. The summed E-state index contributed by atoms with van der Waals surface area (Å²) in [6.45, 7) is 3.96. The zero-order chi connectivity index (χ0) is 19.2. The van der Waals surface area contributed by atoms with Crippen LogP contribution in [0.3, 0.4) is 0 Å². The lowest BCUT2D eigenvalue weighted by atomic mass is 10.1. The molecule has 27 heavy (non-hydrogen) atoms. The molecule has 0 saturated carbocycles. The zero-order valence-electron chi connectivity index (χ0n) is 14.8. The van der Waals surface area contributed by atoms with Crippen LogP contribution in [0.15, 0.2) is 53.2 Å². The molecule has 1 amide bonds. The predicted octanol–water partition coefficient (Wildman–Crippen LogP) is 3.68. The number of halogens is 1. The van der Waals surface area contributed by atoms with Gasteiger partial charge in [0.2, 0.25) is 5.82 Å². The second-order valence-electron chi connectivity index (χ2n) is 5.60. The van der Waals surface area contributed by atoms with E-state index < -0.39 is 17.8 Å². The number of para-hydroxylation sites is 1. The van der Waals surface area contributed by atoms with Crippen molar-refractivity contribution in [1.29, 1.82) is 0 Å². The van der Waals surface area contributed by atoms with Crippen molar-refractivity contribution in [3.8, 4) is 22.8 Å². The minimum atomic E-state index is -0.952. The van der Waals surface area contributed by atoms with Gasteiger partial charge in [0.05, 0.1) is 6.61 Å². The fraction of sp³-hybridized carbons (Fsp3) is 0.211. The van der Waals surface area contributed by atoms with E-state index in [1.54, 1.807) is 30.3 Å². The van der Waals surface area contributed by atoms with Crippen LogP contribution in [0.4, 0.5) is 10.2 Å². The van der Waals surface area contributed by atoms with Gasteiger partial charge in [0.15, 0.2) is 23.4 Å². The molecule has 2 aromatic carbocycles. The van der Waals surface area contributed by atoms with Gasteiger partial charge < -0.3 is 14.8 Å². The minimum absolute atomic E-state index is 0.00911. The van der Waals surface area contributed by atoms with Crippen molar-refractivity contribution in [2.75, 3.05) is 11.9 Å². The van der Waals surface area contributed by atoms with Gasteiger partial charge in [-0.15, -0.1) is 0 Å². The Labute approximate surface area is 155 Å². The van der Waals surface area contributed by atoms with Gasteiger partial charge in [-0.05, 0) is 60.6 Å². The summed E-state index contributed by atoms with van der Waals surface area (Å²) >= 11 is 0. The molecule has 3 rings (SSSR count). The first-order chi connectivity index (χ1) is 13.1. The Bertz CT molecular complexity index is 911. The number of hydrogen-bond acceptors (Lipinski definition) is 6. The maximum atomic E-state index is 13.7. The van der Waals surface area contributed by atoms with Crippen LogP contribution in [0.25, 0.3) is 11.3 Å². The van der Waals surface area contributed by atoms with E-state index in [-0.39, 0.29) is 11.6 Å². The summed E-state index contributed by atoms with van der Waals surface area (Å²) in [7, 11) is 0. The molecule has 0 fully saturated rings. The third kappa shape index (κ3) is 4.41. The summed E-state index contributed by atoms with van der Waals surface area (Å²) in [6.07, 6.45) is -0.952. The van der Waals surface area contributed by atoms with Gasteiger partial charge in [-0.3, -0.25) is 4.79 Å². The number of ether oxygens (including phenoxy) is 2. The SMILES string of the molecule is CCOc1ccc(-c2nonc2NC(=O)[C@H](C)Oc2ccccc2F)cc1. The number of rotatable bonds is 7. The van der Waals surface area contributed by atoms with Gasteiger partial charge in [0.25, 0.3) is 5.91 Å². The highest BCUT2D eigenvalue weighted by Gasteiger charge is 2.21. The number of anilines is 1. The van der Waals surface area contributed by atoms with E-state index in [4.69, 9.17) is 14.1 Å². The molecule has 0 unspecified atom stereocenters. The average molecular weight is 371 g/mol. The molecule has 8 heteroatoms. The third-order valence-electron chi connectivity index (χ3n) is 3.68. The zero-order valence-corrected chi connectivity index (χ0v) is 14.8. The maximum absolute atomic E-state index is 13.7. The third-order valence-corrected chi connectivity index (χ3v) is 3.68. The largest absolute Gasteiger partial charge is 0.494 e. The summed E-state index contributed by atoms with van der Waals surface area (Å²) in [5.74, 6) is -0.204. The Morgan fingerprint density at radius 1 is 1.19 bits per heavy atom. The molecule has 0 saturated heterocycles. The van der Waals surface area contributed by atoms with Gasteiger partial charge in [0, 0.05) is 5.56 Å². The lowest BCUT2D eigenvalue weighted by Gasteiger charge is -2.14. The molecule has 0 aliphatic heterocycles. The number of carbonyl (C=O) groups excluding carboxylic acids is 1. The molecule has 0 radical (unpaired) electrons. The topological polar surface area (TPSA) is 86.5 Å². The molecular formula is C19H18FN3O4. The first-order valence-electron chi connectivity index (χ1n) is 8.36. The van der Waals surface area contributed by atoms with Crippen molar-refractivity contribution in [2.24, 2.45) is 0 Å². The van der Waals surface area contributed by atoms with Crippen LogP contribution in [0.5, 0.6) is 11.5 Å². The minimum Gasteiger partial charge on any atom is -0.494 e. The second kappa shape index (κ2) is 8.31. The first kappa shape index (κ1) is 18.4. The number of hydrogen-bond donors (Lipinski definition) is 1. The van der Waals surface area contributed by atoms with Crippen LogP contribution in [-0.4, -0.2) is 28.9 Å². The number of benzene rings is 2. The molecule has 1 aromatic heterocycles. The van der Waals surface area contributed by atoms with Gasteiger partial charge in [0.1, 0.15) is 5.75 Å². The highest BCUT2D eigenvalue weighted by Crippen LogP contribution is 2.26. The number of aromatic nitrogens is 2. The lowest BCUT2D eigenvalue weighted by molar-refractivity contribution is -0.122. The van der Waals surface area contributed by atoms with Crippen molar-refractivity contribution < 1.29 is 23.3 Å². The van der Waals surface area contributed by atoms with Crippen molar-refractivity contribution in [1.82, 2.24) is 10.3 Å². The highest BCUT2D eigenvalue weighted by molar-refractivity contribution is 5.95. The van der Waals surface area contributed by atoms with Crippen LogP contribution in [0.2, 0.25) is 0 Å². The molecule has 0 spiro atoms. The fourth-order valence-corrected chi connectivity index (χ4v) is 2.34. The van der Waals surface area contributed by atoms with Gasteiger partial charge in [-0.2, -0.15) is 0 Å². The predicted molar refractivity (Wildman–Crippen MR) is 96.0 cm³/mol. The van der Waals surface area contributed by atoms with Gasteiger partial charge in [-0.1, -0.05) is 12.1 Å². The number of nitrogens with zero attached hydrogens (tertiary/aromatic N) is 2. The number of nitrogens with one attached hydrogen (secondary N) is 1. The van der Waals surface area contributed by atoms with Crippen molar-refractivity contribution in [2.45, 2.75) is 20.0 Å². The Kier molecular flexibility index (Phi) is 5.65. The summed E-state index contributed by atoms with van der Waals surface area (Å²) in [5, 5.41) is 10.1. The van der Waals surface area contributed by atoms with E-state index in [1.165, 1.54) is 25.1 Å². The fourth-order valence-electron chi connectivity index (χ4n) is 2.34. The molecule has 0 aliphatic rings. The Hall–Kier alpha value is -3.42. The quantitative estimate of drug-likeness (QED) is 0.682. The van der Waals surface area contributed by atoms with Gasteiger partial charge >= 0.3 is 0 Å². The van der Waals surface area contributed by atoms with Crippen LogP contribution < -0.4 is 14.8 Å². The lowest BCUT2D eigenvalue weighted by Crippen LogP contribution is -2.30. The van der Waals surface area contributed by atoms with Crippen LogP contribution in [0.1, 0.15) is 13.8 Å². The van der Waals surface area contributed by atoms with E-state index in [2.05, 4.69) is 15.6 Å². The summed E-state index contributed by atoms with van der Waals surface area (Å²) in [5.41, 5.74) is 1.06. The summed E-state index contributed by atoms with van der Waals surface area (Å²) in [4.78, 5) is 12.4. The highest BCUT2D eigenvalue weighted by atomic mass is 19.1. The normalized spacial score (nSPS) is 11.7. The standard InChI is InChI=1S/C19H18FN3O4/c1-3-25-14-10-8-13(9-11-14)17-18(23-27-22-17)21-19(24)12(2)26-16-7-5-4-6-15(16)20/h4-12H,3H2,1-2H3,(H,21,23,24)/t12-/m0/s1. The second-order valence-corrected chi connectivity index (χ2v) is 5.60. The van der Waals surface area contributed by atoms with E-state index in [1.807, 2.05) is 6.92 Å². The Morgan fingerprint density at radius 2 is 1.93 bits per heavy atom. The summed E-state index contributed by atoms with van der Waals surface area (Å²) in [6, 6.07) is 13.0. The maximum Gasteiger partial charge on any atom is 0.266 e. The van der Waals surface area contributed by atoms with Crippen molar-refractivity contribution in [3.63, 3.8) is 0 Å². The van der Waals surface area contributed by atoms with Crippen LogP contribution >= 0.6 is 0 Å². The summed E-state index contributed by atoms with van der Waals surface area (Å²) < 4.78 is 29.2. The number of carbonyl (C=O) groups is 1. The van der Waals surface area contributed by atoms with Crippen LogP contribution in [0, 0.1) is 5.82 Å². The molecule has 7 nitrogen and oxygen atoms in total. The van der Waals surface area contributed by atoms with E-state index in [0.717, 1.165) is 5.75 Å². The van der Waals surface area contributed by atoms with Gasteiger partial charge in [-0.25, -0.2) is 9.02 Å². The first-order valence-corrected chi connectivity index (χ1v) is 8.36. The van der Waals surface area contributed by atoms with E-state index >= 15 is 0 Å². The number of amides is 1. The van der Waals surface area contributed by atoms with Crippen molar-refractivity contribution >= 4 is 11.7 Å². The van der Waals surface area contributed by atoms with Crippen LogP contribution in [-0.2, 0) is 4.79 Å². The van der Waals surface area contributed by atoms with E-state index in [0.29, 0.717) is 17.9 Å². The molecule has 0 bridgehead atoms. The smallest absolute Gasteiger partial charge is 0.266 e.